The summed E-state index contributed by atoms with van der Waals surface area (Å²) in [6.45, 7) is 4.80. The van der Waals surface area contributed by atoms with Gasteiger partial charge in [-0.1, -0.05) is 12.1 Å². The van der Waals surface area contributed by atoms with Crippen LogP contribution in [0.3, 0.4) is 0 Å². The average Bonchev–Trinajstić information content (AvgIpc) is 3.21. The van der Waals surface area contributed by atoms with Gasteiger partial charge in [0.1, 0.15) is 5.82 Å². The largest absolute Gasteiger partial charge is 0.493 e. The molecule has 0 saturated carbocycles. The van der Waals surface area contributed by atoms with Crippen LogP contribution >= 0.6 is 0 Å². The van der Waals surface area contributed by atoms with Crippen molar-refractivity contribution in [2.24, 2.45) is 0 Å². The van der Waals surface area contributed by atoms with E-state index < -0.39 is 5.97 Å². The Bertz CT molecular complexity index is 1170. The molecule has 3 aromatic rings. The number of methoxy groups -OCH3 is 1. The number of hydrogen-bond donors (Lipinski definition) is 1. The van der Waals surface area contributed by atoms with Gasteiger partial charge in [-0.25, -0.2) is 4.98 Å². The Labute approximate surface area is 187 Å². The second-order valence-corrected chi connectivity index (χ2v) is 8.08. The monoisotopic (exact) mass is 433 g/mol. The first-order valence-electron chi connectivity index (χ1n) is 10.7. The summed E-state index contributed by atoms with van der Waals surface area (Å²) in [5.41, 5.74) is 4.05. The predicted octanol–water partition coefficient (Wildman–Crippen LogP) is 4.22. The number of aryl methyl sites for hydroxylation is 1. The van der Waals surface area contributed by atoms with Gasteiger partial charge < -0.3 is 19.4 Å². The molecule has 7 heteroatoms. The van der Waals surface area contributed by atoms with E-state index in [-0.39, 0.29) is 5.91 Å². The van der Waals surface area contributed by atoms with E-state index in [4.69, 9.17) is 14.5 Å². The minimum absolute atomic E-state index is 0.0216. The average molecular weight is 434 g/mol. The van der Waals surface area contributed by atoms with Crippen LogP contribution in [0.15, 0.2) is 42.5 Å². The predicted molar refractivity (Wildman–Crippen MR) is 123 cm³/mol. The molecule has 0 bridgehead atoms. The molecule has 32 heavy (non-hydrogen) atoms. The number of piperidine rings is 1. The molecule has 2 heterocycles. The van der Waals surface area contributed by atoms with Crippen molar-refractivity contribution < 1.29 is 19.1 Å². The minimum atomic E-state index is -0.414. The van der Waals surface area contributed by atoms with Crippen molar-refractivity contribution in [2.75, 3.05) is 20.2 Å². The van der Waals surface area contributed by atoms with Gasteiger partial charge in [0.2, 0.25) is 5.91 Å². The Morgan fingerprint density at radius 1 is 1.12 bits per heavy atom. The van der Waals surface area contributed by atoms with Crippen LogP contribution in [0.1, 0.15) is 42.6 Å². The van der Waals surface area contributed by atoms with Crippen molar-refractivity contribution in [3.63, 3.8) is 0 Å². The Morgan fingerprint density at radius 2 is 1.91 bits per heavy atom. The van der Waals surface area contributed by atoms with Crippen LogP contribution in [-0.2, 0) is 9.59 Å². The lowest BCUT2D eigenvalue weighted by molar-refractivity contribution is -0.132. The number of rotatable bonds is 5. The summed E-state index contributed by atoms with van der Waals surface area (Å²) in [5.74, 6) is 1.69. The van der Waals surface area contributed by atoms with Crippen LogP contribution < -0.4 is 9.47 Å². The van der Waals surface area contributed by atoms with E-state index in [1.807, 2.05) is 11.0 Å². The van der Waals surface area contributed by atoms with Gasteiger partial charge in [0.25, 0.3) is 0 Å². The number of aromatic amines is 1. The molecule has 1 aliphatic heterocycles. The Morgan fingerprint density at radius 3 is 2.62 bits per heavy atom. The molecule has 1 amide bonds. The van der Waals surface area contributed by atoms with Crippen LogP contribution in [0.5, 0.6) is 11.5 Å². The number of hydrogen-bond acceptors (Lipinski definition) is 5. The number of nitrogens with zero attached hydrogens (tertiary/aromatic N) is 2. The Kier molecular flexibility index (Phi) is 6.25. The number of imidazole rings is 1. The first kappa shape index (κ1) is 21.6. The number of esters is 1. The zero-order chi connectivity index (χ0) is 22.7. The fourth-order valence-electron chi connectivity index (χ4n) is 4.01. The molecule has 1 N–H and O–H groups in total. The number of nitrogens with one attached hydrogen (secondary N) is 1. The molecular formula is C25H27N3O4. The van der Waals surface area contributed by atoms with Crippen LogP contribution in [0.4, 0.5) is 0 Å². The Balaban J connectivity index is 1.36. The topological polar surface area (TPSA) is 84.5 Å². The summed E-state index contributed by atoms with van der Waals surface area (Å²) in [7, 11) is 1.51. The van der Waals surface area contributed by atoms with Crippen molar-refractivity contribution in [3.05, 3.63) is 59.4 Å². The third kappa shape index (κ3) is 4.82. The molecule has 1 aliphatic rings. The summed E-state index contributed by atoms with van der Waals surface area (Å²) in [6.07, 6.45) is 5.08. The number of fused-ring (bicyclic) bond motifs is 1. The molecule has 0 aliphatic carbocycles. The highest BCUT2D eigenvalue weighted by Gasteiger charge is 2.25. The lowest BCUT2D eigenvalue weighted by atomic mass is 9.96. The van der Waals surface area contributed by atoms with E-state index in [2.05, 4.69) is 24.0 Å². The van der Waals surface area contributed by atoms with Gasteiger partial charge in [-0.3, -0.25) is 9.59 Å². The second-order valence-electron chi connectivity index (χ2n) is 8.08. The van der Waals surface area contributed by atoms with E-state index >= 15 is 0 Å². The van der Waals surface area contributed by atoms with Crippen molar-refractivity contribution >= 4 is 29.0 Å². The third-order valence-electron chi connectivity index (χ3n) is 5.71. The minimum Gasteiger partial charge on any atom is -0.493 e. The van der Waals surface area contributed by atoms with Crippen LogP contribution in [0.2, 0.25) is 0 Å². The van der Waals surface area contributed by atoms with E-state index in [0.717, 1.165) is 35.3 Å². The molecule has 1 aromatic heterocycles. The molecule has 1 saturated heterocycles. The van der Waals surface area contributed by atoms with Gasteiger partial charge in [-0.15, -0.1) is 0 Å². The fourth-order valence-corrected chi connectivity index (χ4v) is 4.01. The summed E-state index contributed by atoms with van der Waals surface area (Å²) >= 11 is 0. The Hall–Kier alpha value is -3.61. The van der Waals surface area contributed by atoms with Gasteiger partial charge in [0.05, 0.1) is 18.1 Å². The van der Waals surface area contributed by atoms with Gasteiger partial charge in [-0.05, 0) is 61.2 Å². The molecule has 0 spiro atoms. The quantitative estimate of drug-likeness (QED) is 0.370. The maximum absolute atomic E-state index is 12.7. The van der Waals surface area contributed by atoms with E-state index in [9.17, 15) is 9.59 Å². The zero-order valence-electron chi connectivity index (χ0n) is 18.6. The molecule has 0 radical (unpaired) electrons. The highest BCUT2D eigenvalue weighted by Crippen LogP contribution is 2.30. The number of H-pyrrole nitrogens is 1. The molecule has 0 unspecified atom stereocenters. The molecule has 4 rings (SSSR count). The van der Waals surface area contributed by atoms with Crippen molar-refractivity contribution in [1.29, 1.82) is 0 Å². The molecule has 7 nitrogen and oxygen atoms in total. The zero-order valence-corrected chi connectivity index (χ0v) is 18.6. The summed E-state index contributed by atoms with van der Waals surface area (Å²) in [4.78, 5) is 33.9. The van der Waals surface area contributed by atoms with Crippen LogP contribution in [0, 0.1) is 6.92 Å². The number of ether oxygens (including phenoxy) is 2. The number of carbonyl (C=O) groups is 2. The molecule has 2 aromatic carbocycles. The summed E-state index contributed by atoms with van der Waals surface area (Å²) in [5, 5.41) is 0. The van der Waals surface area contributed by atoms with Crippen molar-refractivity contribution in [3.8, 4) is 11.5 Å². The number of aromatic nitrogens is 2. The lowest BCUT2D eigenvalue weighted by Crippen LogP contribution is -2.37. The first-order valence-corrected chi connectivity index (χ1v) is 10.7. The maximum atomic E-state index is 12.7. The van der Waals surface area contributed by atoms with Gasteiger partial charge in [-0.2, -0.15) is 0 Å². The SMILES string of the molecule is COc1cc(/C=C/C(=O)N2CCC(c3nc4ccc(C)cc4[nH]3)CC2)ccc1OC(C)=O. The standard InChI is InChI=1S/C25H27N3O4/c1-16-4-7-20-21(14-16)27-25(26-20)19-10-12-28(13-11-19)24(30)9-6-18-5-8-22(32-17(2)29)23(15-18)31-3/h4-9,14-15,19H,10-13H2,1-3H3,(H,26,27)/b9-6+. The van der Waals surface area contributed by atoms with E-state index in [1.54, 1.807) is 30.4 Å². The summed E-state index contributed by atoms with van der Waals surface area (Å²) < 4.78 is 10.4. The lowest BCUT2D eigenvalue weighted by Gasteiger charge is -2.30. The first-order chi connectivity index (χ1) is 15.4. The van der Waals surface area contributed by atoms with Crippen LogP contribution in [0.25, 0.3) is 17.1 Å². The van der Waals surface area contributed by atoms with Gasteiger partial charge >= 0.3 is 5.97 Å². The molecule has 166 valence electrons. The van der Waals surface area contributed by atoms with Gasteiger partial charge in [0, 0.05) is 32.0 Å². The second kappa shape index (κ2) is 9.26. The maximum Gasteiger partial charge on any atom is 0.308 e. The number of benzene rings is 2. The van der Waals surface area contributed by atoms with E-state index in [0.29, 0.717) is 30.5 Å². The third-order valence-corrected chi connectivity index (χ3v) is 5.71. The molecular weight excluding hydrogens is 406 g/mol. The summed E-state index contributed by atoms with van der Waals surface area (Å²) in [6, 6.07) is 11.4. The van der Waals surface area contributed by atoms with Crippen LogP contribution in [-0.4, -0.2) is 46.9 Å². The highest BCUT2D eigenvalue weighted by molar-refractivity contribution is 5.92. The number of amides is 1. The van der Waals surface area contributed by atoms with Gasteiger partial charge in [0.15, 0.2) is 11.5 Å². The highest BCUT2D eigenvalue weighted by atomic mass is 16.6. The molecule has 1 fully saturated rings. The molecule has 0 atom stereocenters. The normalized spacial score (nSPS) is 14.8. The van der Waals surface area contributed by atoms with E-state index in [1.165, 1.54) is 19.6 Å². The number of likely N-dealkylation sites (tertiary alicyclic amines) is 1. The smallest absolute Gasteiger partial charge is 0.308 e. The fraction of sp³-hybridized carbons (Fsp3) is 0.320. The van der Waals surface area contributed by atoms with Crippen molar-refractivity contribution in [1.82, 2.24) is 14.9 Å². The van der Waals surface area contributed by atoms with Crippen molar-refractivity contribution in [2.45, 2.75) is 32.6 Å². The number of carbonyl (C=O) groups excluding carboxylic acids is 2.